The number of aromatic nitrogens is 2. The number of hydrogen-bond acceptors (Lipinski definition) is 4. The lowest BCUT2D eigenvalue weighted by molar-refractivity contribution is 0.274. The minimum atomic E-state index is 0.416. The van der Waals surface area contributed by atoms with E-state index in [0.29, 0.717) is 11.8 Å². The van der Waals surface area contributed by atoms with Crippen molar-refractivity contribution in [1.29, 1.82) is 0 Å². The zero-order valence-corrected chi connectivity index (χ0v) is 13.6. The topological polar surface area (TPSA) is 64.9 Å². The van der Waals surface area contributed by atoms with Crippen LogP contribution in [-0.4, -0.2) is 16.7 Å². The fourth-order valence-electron chi connectivity index (χ4n) is 2.94. The van der Waals surface area contributed by atoms with Gasteiger partial charge in [0.15, 0.2) is 5.82 Å². The zero-order chi connectivity index (χ0) is 14.7. The summed E-state index contributed by atoms with van der Waals surface area (Å²) in [7, 11) is 0. The Labute approximate surface area is 133 Å². The summed E-state index contributed by atoms with van der Waals surface area (Å²) in [5, 5.41) is 4.13. The molecule has 3 rings (SSSR count). The predicted molar refractivity (Wildman–Crippen MR) is 85.0 cm³/mol. The highest BCUT2D eigenvalue weighted by Crippen LogP contribution is 2.34. The molecule has 21 heavy (non-hydrogen) atoms. The summed E-state index contributed by atoms with van der Waals surface area (Å²) in [4.78, 5) is 4.58. The summed E-state index contributed by atoms with van der Waals surface area (Å²) in [5.41, 5.74) is 6.93. The van der Waals surface area contributed by atoms with E-state index in [1.807, 2.05) is 12.1 Å². The molecule has 0 amide bonds. The van der Waals surface area contributed by atoms with Gasteiger partial charge >= 0.3 is 0 Å². The van der Waals surface area contributed by atoms with Gasteiger partial charge in [0.2, 0.25) is 5.89 Å². The van der Waals surface area contributed by atoms with E-state index in [1.165, 1.54) is 18.4 Å². The Bertz CT molecular complexity index is 573. The fourth-order valence-corrected chi connectivity index (χ4v) is 3.20. The van der Waals surface area contributed by atoms with Crippen LogP contribution in [0.25, 0.3) is 0 Å². The van der Waals surface area contributed by atoms with E-state index in [1.54, 1.807) is 0 Å². The Kier molecular flexibility index (Phi) is 4.70. The molecule has 1 aliphatic carbocycles. The van der Waals surface area contributed by atoms with E-state index in [9.17, 15) is 0 Å². The SMILES string of the molecule is NCC1CCC(c2nc(Cc3ccc(Br)cc3)no2)CC1. The summed E-state index contributed by atoms with van der Waals surface area (Å²) < 4.78 is 6.55. The van der Waals surface area contributed by atoms with E-state index in [2.05, 4.69) is 38.2 Å². The predicted octanol–water partition coefficient (Wildman–Crippen LogP) is 3.66. The second-order valence-electron chi connectivity index (χ2n) is 5.81. The third-order valence-corrected chi connectivity index (χ3v) is 4.82. The van der Waals surface area contributed by atoms with E-state index < -0.39 is 0 Å². The number of hydrogen-bond donors (Lipinski definition) is 1. The van der Waals surface area contributed by atoms with Gasteiger partial charge < -0.3 is 10.3 Å². The Morgan fingerprint density at radius 3 is 2.52 bits per heavy atom. The summed E-state index contributed by atoms with van der Waals surface area (Å²) in [6, 6.07) is 8.22. The molecule has 0 unspecified atom stereocenters. The van der Waals surface area contributed by atoms with Crippen LogP contribution in [0.3, 0.4) is 0 Å². The molecule has 0 bridgehead atoms. The molecule has 0 saturated heterocycles. The Balaban J connectivity index is 1.62. The van der Waals surface area contributed by atoms with Crippen LogP contribution in [0.2, 0.25) is 0 Å². The van der Waals surface area contributed by atoms with Gasteiger partial charge in [-0.1, -0.05) is 33.2 Å². The van der Waals surface area contributed by atoms with Crippen molar-refractivity contribution in [3.05, 3.63) is 46.0 Å². The van der Waals surface area contributed by atoms with Gasteiger partial charge in [0, 0.05) is 16.8 Å². The molecule has 0 atom stereocenters. The van der Waals surface area contributed by atoms with Crippen molar-refractivity contribution in [3.8, 4) is 0 Å². The average molecular weight is 350 g/mol. The summed E-state index contributed by atoms with van der Waals surface area (Å²) >= 11 is 3.44. The molecular formula is C16H20BrN3O. The van der Waals surface area contributed by atoms with Crippen molar-refractivity contribution in [2.45, 2.75) is 38.0 Å². The van der Waals surface area contributed by atoms with Gasteiger partial charge in [-0.3, -0.25) is 0 Å². The molecule has 1 aromatic heterocycles. The second-order valence-corrected chi connectivity index (χ2v) is 6.72. The van der Waals surface area contributed by atoms with Gasteiger partial charge in [-0.2, -0.15) is 4.98 Å². The first-order chi connectivity index (χ1) is 10.2. The van der Waals surface area contributed by atoms with Crippen LogP contribution >= 0.6 is 15.9 Å². The van der Waals surface area contributed by atoms with Crippen molar-refractivity contribution in [2.24, 2.45) is 11.7 Å². The number of rotatable bonds is 4. The van der Waals surface area contributed by atoms with Crippen LogP contribution in [0.5, 0.6) is 0 Å². The normalized spacial score (nSPS) is 22.4. The van der Waals surface area contributed by atoms with Crippen LogP contribution in [0.15, 0.2) is 33.3 Å². The molecule has 0 spiro atoms. The van der Waals surface area contributed by atoms with Gasteiger partial charge in [0.25, 0.3) is 0 Å². The summed E-state index contributed by atoms with van der Waals surface area (Å²) in [6.07, 6.45) is 5.29. The van der Waals surface area contributed by atoms with Crippen molar-refractivity contribution < 1.29 is 4.52 Å². The monoisotopic (exact) mass is 349 g/mol. The first kappa shape index (κ1) is 14.7. The number of halogens is 1. The lowest BCUT2D eigenvalue weighted by Crippen LogP contribution is -2.20. The molecule has 1 saturated carbocycles. The van der Waals surface area contributed by atoms with E-state index in [0.717, 1.165) is 42.0 Å². The van der Waals surface area contributed by atoms with Gasteiger partial charge in [-0.15, -0.1) is 0 Å². The largest absolute Gasteiger partial charge is 0.339 e. The smallest absolute Gasteiger partial charge is 0.229 e. The fraction of sp³-hybridized carbons (Fsp3) is 0.500. The van der Waals surface area contributed by atoms with Crippen LogP contribution in [-0.2, 0) is 6.42 Å². The Hall–Kier alpha value is -1.20. The molecule has 1 aliphatic rings. The molecular weight excluding hydrogens is 330 g/mol. The minimum absolute atomic E-state index is 0.416. The van der Waals surface area contributed by atoms with Crippen molar-refractivity contribution in [1.82, 2.24) is 10.1 Å². The molecule has 0 radical (unpaired) electrons. The summed E-state index contributed by atoms with van der Waals surface area (Å²) in [5.74, 6) is 2.66. The Morgan fingerprint density at radius 2 is 1.86 bits per heavy atom. The van der Waals surface area contributed by atoms with Crippen molar-refractivity contribution in [3.63, 3.8) is 0 Å². The van der Waals surface area contributed by atoms with Crippen molar-refractivity contribution >= 4 is 15.9 Å². The number of benzene rings is 1. The molecule has 1 heterocycles. The number of nitrogens with zero attached hydrogens (tertiary/aromatic N) is 2. The third kappa shape index (κ3) is 3.71. The average Bonchev–Trinajstić information content (AvgIpc) is 2.98. The summed E-state index contributed by atoms with van der Waals surface area (Å²) in [6.45, 7) is 0.797. The molecule has 5 heteroatoms. The molecule has 1 aromatic carbocycles. The van der Waals surface area contributed by atoms with Gasteiger partial charge in [0.05, 0.1) is 0 Å². The molecule has 4 nitrogen and oxygen atoms in total. The maximum Gasteiger partial charge on any atom is 0.229 e. The third-order valence-electron chi connectivity index (χ3n) is 4.29. The molecule has 0 aliphatic heterocycles. The van der Waals surface area contributed by atoms with E-state index in [4.69, 9.17) is 10.3 Å². The van der Waals surface area contributed by atoms with Gasteiger partial charge in [-0.25, -0.2) is 0 Å². The second kappa shape index (κ2) is 6.71. The standard InChI is InChI=1S/C16H20BrN3O/c17-14-7-3-11(4-8-14)9-15-19-16(21-20-15)13-5-1-12(10-18)2-6-13/h3-4,7-8,12-13H,1-2,5-6,9-10,18H2. The maximum absolute atomic E-state index is 5.73. The minimum Gasteiger partial charge on any atom is -0.339 e. The molecule has 2 aromatic rings. The van der Waals surface area contributed by atoms with Gasteiger partial charge in [0.1, 0.15) is 0 Å². The molecule has 2 N–H and O–H groups in total. The van der Waals surface area contributed by atoms with E-state index in [-0.39, 0.29) is 0 Å². The van der Waals surface area contributed by atoms with Gasteiger partial charge in [-0.05, 0) is 55.8 Å². The first-order valence-corrected chi connectivity index (χ1v) is 8.31. The van der Waals surface area contributed by atoms with Crippen LogP contribution in [0.1, 0.15) is 48.9 Å². The van der Waals surface area contributed by atoms with Crippen LogP contribution in [0, 0.1) is 5.92 Å². The highest BCUT2D eigenvalue weighted by molar-refractivity contribution is 9.10. The quantitative estimate of drug-likeness (QED) is 0.914. The lowest BCUT2D eigenvalue weighted by Gasteiger charge is -2.24. The highest BCUT2D eigenvalue weighted by Gasteiger charge is 2.25. The Morgan fingerprint density at radius 1 is 1.14 bits per heavy atom. The number of nitrogens with two attached hydrogens (primary N) is 1. The first-order valence-electron chi connectivity index (χ1n) is 7.51. The molecule has 1 fully saturated rings. The van der Waals surface area contributed by atoms with E-state index >= 15 is 0 Å². The van der Waals surface area contributed by atoms with Crippen LogP contribution in [0.4, 0.5) is 0 Å². The molecule has 112 valence electrons. The van der Waals surface area contributed by atoms with Crippen molar-refractivity contribution in [2.75, 3.05) is 6.54 Å². The highest BCUT2D eigenvalue weighted by atomic mass is 79.9. The maximum atomic E-state index is 5.73. The lowest BCUT2D eigenvalue weighted by atomic mass is 9.82. The van der Waals surface area contributed by atoms with Crippen LogP contribution < -0.4 is 5.73 Å². The zero-order valence-electron chi connectivity index (χ0n) is 12.0.